The Morgan fingerprint density at radius 2 is 2.20 bits per heavy atom. The van der Waals surface area contributed by atoms with Gasteiger partial charge in [0.05, 0.1) is 6.61 Å². The predicted octanol–water partition coefficient (Wildman–Crippen LogP) is 2.46. The van der Waals surface area contributed by atoms with Crippen molar-refractivity contribution >= 4 is 0 Å². The van der Waals surface area contributed by atoms with E-state index in [0.717, 1.165) is 25.2 Å². The molecule has 2 N–H and O–H groups in total. The van der Waals surface area contributed by atoms with Crippen LogP contribution in [0.5, 0.6) is 5.75 Å². The lowest BCUT2D eigenvalue weighted by Crippen LogP contribution is -2.17. The molecule has 1 heterocycles. The molecule has 2 atom stereocenters. The maximum atomic E-state index is 5.84. The third-order valence-corrected chi connectivity index (χ3v) is 3.00. The Labute approximate surface area is 91.4 Å². The van der Waals surface area contributed by atoms with Crippen LogP contribution in [0.3, 0.4) is 0 Å². The van der Waals surface area contributed by atoms with Crippen molar-refractivity contribution in [1.82, 2.24) is 0 Å². The fraction of sp³-hybridized carbons (Fsp3) is 0.538. The Morgan fingerprint density at radius 1 is 1.40 bits per heavy atom. The normalized spacial score (nSPS) is 18.1. The molecule has 0 spiro atoms. The van der Waals surface area contributed by atoms with Crippen molar-refractivity contribution in [1.29, 1.82) is 0 Å². The lowest BCUT2D eigenvalue weighted by molar-refractivity contribution is 0.350. The van der Waals surface area contributed by atoms with E-state index < -0.39 is 0 Å². The lowest BCUT2D eigenvalue weighted by atomic mass is 9.92. The molecule has 0 aliphatic carbocycles. The van der Waals surface area contributed by atoms with Gasteiger partial charge in [-0.05, 0) is 30.4 Å². The Morgan fingerprint density at radius 3 is 2.93 bits per heavy atom. The highest BCUT2D eigenvalue weighted by molar-refractivity contribution is 5.45. The molecule has 2 heteroatoms. The molecular weight excluding hydrogens is 186 g/mol. The van der Waals surface area contributed by atoms with Gasteiger partial charge in [-0.15, -0.1) is 0 Å². The zero-order valence-corrected chi connectivity index (χ0v) is 9.49. The van der Waals surface area contributed by atoms with E-state index in [2.05, 4.69) is 32.0 Å². The molecule has 2 rings (SSSR count). The molecule has 0 amide bonds. The summed E-state index contributed by atoms with van der Waals surface area (Å²) >= 11 is 0. The van der Waals surface area contributed by atoms with E-state index in [9.17, 15) is 0 Å². The van der Waals surface area contributed by atoms with E-state index in [0.29, 0.717) is 5.92 Å². The van der Waals surface area contributed by atoms with Gasteiger partial charge in [-0.2, -0.15) is 0 Å². The number of ether oxygens (including phenoxy) is 1. The summed E-state index contributed by atoms with van der Waals surface area (Å²) in [5.74, 6) is 1.60. The second kappa shape index (κ2) is 4.23. The van der Waals surface area contributed by atoms with Crippen LogP contribution in [-0.2, 0) is 6.42 Å². The van der Waals surface area contributed by atoms with Crippen LogP contribution in [0.25, 0.3) is 0 Å². The molecule has 1 aliphatic rings. The minimum absolute atomic E-state index is 0.247. The molecule has 15 heavy (non-hydrogen) atoms. The molecule has 82 valence electrons. The summed E-state index contributed by atoms with van der Waals surface area (Å²) in [5, 5.41) is 0. The summed E-state index contributed by atoms with van der Waals surface area (Å²) in [6.45, 7) is 5.11. The number of nitrogens with two attached hydrogens (primary N) is 1. The summed E-state index contributed by atoms with van der Waals surface area (Å²) in [5.41, 5.74) is 8.51. The highest BCUT2D eigenvalue weighted by atomic mass is 16.5. The van der Waals surface area contributed by atoms with Crippen molar-refractivity contribution in [3.05, 3.63) is 29.3 Å². The number of hydrogen-bond acceptors (Lipinski definition) is 2. The molecule has 1 aromatic carbocycles. The average molecular weight is 205 g/mol. The molecule has 0 saturated heterocycles. The zero-order chi connectivity index (χ0) is 10.8. The third-order valence-electron chi connectivity index (χ3n) is 3.00. The van der Waals surface area contributed by atoms with Gasteiger partial charge in [0.1, 0.15) is 5.75 Å². The molecule has 0 radical (unpaired) electrons. The molecular formula is C13H19NO. The van der Waals surface area contributed by atoms with Gasteiger partial charge in [-0.3, -0.25) is 0 Å². The maximum absolute atomic E-state index is 5.84. The van der Waals surface area contributed by atoms with Crippen molar-refractivity contribution in [3.63, 3.8) is 0 Å². The highest BCUT2D eigenvalue weighted by Crippen LogP contribution is 2.35. The van der Waals surface area contributed by atoms with Crippen molar-refractivity contribution in [3.8, 4) is 5.75 Å². The highest BCUT2D eigenvalue weighted by Gasteiger charge is 2.19. The number of benzene rings is 1. The first kappa shape index (κ1) is 10.5. The van der Waals surface area contributed by atoms with Crippen LogP contribution in [0.1, 0.15) is 37.3 Å². The number of fused-ring (bicyclic) bond motifs is 1. The van der Waals surface area contributed by atoms with E-state index >= 15 is 0 Å². The summed E-state index contributed by atoms with van der Waals surface area (Å²) < 4.78 is 5.69. The maximum Gasteiger partial charge on any atom is 0.126 e. The third kappa shape index (κ3) is 2.15. The summed E-state index contributed by atoms with van der Waals surface area (Å²) in [6, 6.07) is 6.69. The first-order valence-corrected chi connectivity index (χ1v) is 5.68. The molecule has 0 aromatic heterocycles. The van der Waals surface area contributed by atoms with E-state index in [4.69, 9.17) is 10.5 Å². The molecule has 1 aliphatic heterocycles. The first-order chi connectivity index (χ1) is 7.18. The fourth-order valence-electron chi connectivity index (χ4n) is 2.31. The summed E-state index contributed by atoms with van der Waals surface area (Å²) in [6.07, 6.45) is 2.06. The Hall–Kier alpha value is -1.02. The molecule has 2 nitrogen and oxygen atoms in total. The molecule has 0 bridgehead atoms. The minimum Gasteiger partial charge on any atom is -0.493 e. The van der Waals surface area contributed by atoms with Gasteiger partial charge in [0.25, 0.3) is 0 Å². The van der Waals surface area contributed by atoms with Gasteiger partial charge >= 0.3 is 0 Å². The second-order valence-electron chi connectivity index (χ2n) is 4.55. The smallest absolute Gasteiger partial charge is 0.126 e. The van der Waals surface area contributed by atoms with E-state index in [1.54, 1.807) is 0 Å². The van der Waals surface area contributed by atoms with Gasteiger partial charge in [0, 0.05) is 12.5 Å². The number of para-hydroxylation sites is 1. The molecule has 1 aromatic rings. The Kier molecular flexibility index (Phi) is 2.96. The number of rotatable bonds is 3. The van der Waals surface area contributed by atoms with Crippen molar-refractivity contribution < 1.29 is 4.74 Å². The monoisotopic (exact) mass is 205 g/mol. The van der Waals surface area contributed by atoms with Gasteiger partial charge in [0.15, 0.2) is 0 Å². The summed E-state index contributed by atoms with van der Waals surface area (Å²) in [4.78, 5) is 0. The van der Waals surface area contributed by atoms with Gasteiger partial charge < -0.3 is 10.5 Å². The predicted molar refractivity (Wildman–Crippen MR) is 62.3 cm³/mol. The zero-order valence-electron chi connectivity index (χ0n) is 9.49. The lowest BCUT2D eigenvalue weighted by Gasteiger charge is -2.17. The van der Waals surface area contributed by atoms with Crippen LogP contribution in [-0.4, -0.2) is 12.6 Å². The fourth-order valence-corrected chi connectivity index (χ4v) is 2.31. The topological polar surface area (TPSA) is 35.2 Å². The second-order valence-corrected chi connectivity index (χ2v) is 4.55. The SMILES string of the molecule is CC(N)CC(C)c1cccc2c1OCC2. The van der Waals surface area contributed by atoms with Crippen LogP contribution in [0.15, 0.2) is 18.2 Å². The van der Waals surface area contributed by atoms with Crippen LogP contribution >= 0.6 is 0 Å². The van der Waals surface area contributed by atoms with E-state index in [1.807, 2.05) is 0 Å². The Bertz CT molecular complexity index is 346. The molecule has 2 unspecified atom stereocenters. The minimum atomic E-state index is 0.247. The van der Waals surface area contributed by atoms with Crippen LogP contribution in [0.2, 0.25) is 0 Å². The summed E-state index contributed by atoms with van der Waals surface area (Å²) in [7, 11) is 0. The standard InChI is InChI=1S/C13H19NO/c1-9(8-10(2)14)12-5-3-4-11-6-7-15-13(11)12/h3-5,9-10H,6-8,14H2,1-2H3. The van der Waals surface area contributed by atoms with Gasteiger partial charge in [-0.1, -0.05) is 25.1 Å². The molecule has 0 fully saturated rings. The van der Waals surface area contributed by atoms with Crippen molar-refractivity contribution in [2.45, 2.75) is 38.6 Å². The first-order valence-electron chi connectivity index (χ1n) is 5.68. The van der Waals surface area contributed by atoms with Crippen LogP contribution in [0.4, 0.5) is 0 Å². The van der Waals surface area contributed by atoms with Gasteiger partial charge in [-0.25, -0.2) is 0 Å². The average Bonchev–Trinajstić information content (AvgIpc) is 2.63. The Balaban J connectivity index is 2.24. The largest absolute Gasteiger partial charge is 0.493 e. The number of hydrogen-bond donors (Lipinski definition) is 1. The van der Waals surface area contributed by atoms with E-state index in [-0.39, 0.29) is 6.04 Å². The quantitative estimate of drug-likeness (QED) is 0.822. The van der Waals surface area contributed by atoms with Gasteiger partial charge in [0.2, 0.25) is 0 Å². The molecule has 0 saturated carbocycles. The van der Waals surface area contributed by atoms with Crippen LogP contribution in [0, 0.1) is 0 Å². The van der Waals surface area contributed by atoms with E-state index in [1.165, 1.54) is 11.1 Å². The van der Waals surface area contributed by atoms with Crippen molar-refractivity contribution in [2.75, 3.05) is 6.61 Å². The van der Waals surface area contributed by atoms with Crippen molar-refractivity contribution in [2.24, 2.45) is 5.73 Å². The van der Waals surface area contributed by atoms with Crippen LogP contribution < -0.4 is 10.5 Å².